The molecule has 0 aliphatic rings. The van der Waals surface area contributed by atoms with Gasteiger partial charge in [-0.25, -0.2) is 0 Å². The first kappa shape index (κ1) is 15.3. The van der Waals surface area contributed by atoms with E-state index in [2.05, 4.69) is 25.6 Å². The number of nitrogens with zero attached hydrogens (tertiary/aromatic N) is 4. The molecule has 0 spiro atoms. The fraction of sp³-hybridized carbons (Fsp3) is 0.231. The van der Waals surface area contributed by atoms with Crippen molar-refractivity contribution in [1.82, 2.24) is 15.0 Å². The summed E-state index contributed by atoms with van der Waals surface area (Å²) in [6.45, 7) is 2.77. The zero-order chi connectivity index (χ0) is 15.2. The minimum absolute atomic E-state index is 0.0795. The number of hydrogen-bond donors (Lipinski definition) is 2. The van der Waals surface area contributed by atoms with Gasteiger partial charge in [-0.05, 0) is 36.2 Å². The molecule has 0 amide bonds. The molecule has 6 nitrogen and oxygen atoms in total. The molecule has 0 saturated heterocycles. The van der Waals surface area contributed by atoms with Gasteiger partial charge in [0, 0.05) is 6.54 Å². The molecule has 8 heteroatoms. The first-order chi connectivity index (χ1) is 10.1. The highest BCUT2D eigenvalue weighted by molar-refractivity contribution is 6.33. The Hall–Kier alpha value is -2.10. The molecule has 0 bridgehead atoms. The maximum atomic E-state index is 8.81. The van der Waals surface area contributed by atoms with Gasteiger partial charge >= 0.3 is 0 Å². The summed E-state index contributed by atoms with van der Waals surface area (Å²) in [6, 6.07) is 6.90. The smallest absolute Gasteiger partial charge is 0.233 e. The minimum Gasteiger partial charge on any atom is -0.354 e. The Balaban J connectivity index is 2.23. The van der Waals surface area contributed by atoms with E-state index in [1.54, 1.807) is 18.2 Å². The highest BCUT2D eigenvalue weighted by Gasteiger charge is 2.07. The van der Waals surface area contributed by atoms with Crippen molar-refractivity contribution in [3.05, 3.63) is 34.1 Å². The minimum atomic E-state index is 0.0795. The summed E-state index contributed by atoms with van der Waals surface area (Å²) in [7, 11) is 0. The van der Waals surface area contributed by atoms with Crippen LogP contribution in [0.1, 0.15) is 18.9 Å². The van der Waals surface area contributed by atoms with Crippen molar-refractivity contribution in [2.45, 2.75) is 13.3 Å². The number of benzene rings is 1. The first-order valence-electron chi connectivity index (χ1n) is 6.24. The zero-order valence-electron chi connectivity index (χ0n) is 11.2. The summed E-state index contributed by atoms with van der Waals surface area (Å²) < 4.78 is 0. The fourth-order valence-electron chi connectivity index (χ4n) is 1.53. The van der Waals surface area contributed by atoms with Gasteiger partial charge in [0.2, 0.25) is 17.2 Å². The maximum absolute atomic E-state index is 8.81. The second kappa shape index (κ2) is 7.07. The third-order valence-corrected chi connectivity index (χ3v) is 2.97. The van der Waals surface area contributed by atoms with Gasteiger partial charge in [-0.1, -0.05) is 18.5 Å². The van der Waals surface area contributed by atoms with E-state index in [-0.39, 0.29) is 11.2 Å². The lowest BCUT2D eigenvalue weighted by atomic mass is 10.2. The maximum Gasteiger partial charge on any atom is 0.233 e. The van der Waals surface area contributed by atoms with Gasteiger partial charge in [-0.3, -0.25) is 0 Å². The Morgan fingerprint density at radius 2 is 1.95 bits per heavy atom. The van der Waals surface area contributed by atoms with Crippen molar-refractivity contribution >= 4 is 40.8 Å². The molecule has 0 radical (unpaired) electrons. The van der Waals surface area contributed by atoms with E-state index >= 15 is 0 Å². The number of rotatable bonds is 5. The third kappa shape index (κ3) is 4.18. The highest BCUT2D eigenvalue weighted by Crippen LogP contribution is 2.25. The van der Waals surface area contributed by atoms with Crippen LogP contribution in [0.15, 0.2) is 18.2 Å². The molecule has 2 aromatic rings. The molecule has 0 fully saturated rings. The molecule has 0 aliphatic heterocycles. The van der Waals surface area contributed by atoms with Crippen LogP contribution in [0.4, 0.5) is 17.6 Å². The molecular weight excluding hydrogens is 311 g/mol. The Morgan fingerprint density at radius 1 is 1.19 bits per heavy atom. The molecule has 0 atom stereocenters. The molecular formula is C13H12Cl2N6. The highest BCUT2D eigenvalue weighted by atomic mass is 35.5. The van der Waals surface area contributed by atoms with E-state index in [1.165, 1.54) is 0 Å². The van der Waals surface area contributed by atoms with Crippen molar-refractivity contribution in [2.24, 2.45) is 0 Å². The van der Waals surface area contributed by atoms with E-state index in [0.717, 1.165) is 13.0 Å². The number of nitriles is 1. The fourth-order valence-corrected chi connectivity index (χ4v) is 1.92. The van der Waals surface area contributed by atoms with E-state index in [1.807, 2.05) is 13.0 Å². The van der Waals surface area contributed by atoms with Gasteiger partial charge < -0.3 is 10.6 Å². The normalized spacial score (nSPS) is 10.0. The van der Waals surface area contributed by atoms with E-state index in [9.17, 15) is 0 Å². The third-order valence-electron chi connectivity index (χ3n) is 2.49. The van der Waals surface area contributed by atoms with Crippen LogP contribution >= 0.6 is 23.2 Å². The average Bonchev–Trinajstić information content (AvgIpc) is 2.46. The molecule has 21 heavy (non-hydrogen) atoms. The van der Waals surface area contributed by atoms with Crippen LogP contribution in [0, 0.1) is 11.3 Å². The topological polar surface area (TPSA) is 86.5 Å². The SMILES string of the molecule is CCCNc1nc(Cl)nc(Nc2ccc(C#N)cc2Cl)n1. The summed E-state index contributed by atoms with van der Waals surface area (Å²) in [5.41, 5.74) is 1.06. The Morgan fingerprint density at radius 3 is 2.62 bits per heavy atom. The van der Waals surface area contributed by atoms with E-state index < -0.39 is 0 Å². The lowest BCUT2D eigenvalue weighted by Crippen LogP contribution is -2.08. The Kier molecular flexibility index (Phi) is 5.14. The van der Waals surface area contributed by atoms with E-state index in [4.69, 9.17) is 28.5 Å². The molecule has 2 N–H and O–H groups in total. The van der Waals surface area contributed by atoms with Crippen molar-refractivity contribution in [3.63, 3.8) is 0 Å². The van der Waals surface area contributed by atoms with Crippen molar-refractivity contribution < 1.29 is 0 Å². The monoisotopic (exact) mass is 322 g/mol. The second-order valence-corrected chi connectivity index (χ2v) is 4.86. The quantitative estimate of drug-likeness (QED) is 0.874. The van der Waals surface area contributed by atoms with Crippen LogP contribution < -0.4 is 10.6 Å². The van der Waals surface area contributed by atoms with Gasteiger partial charge in [0.25, 0.3) is 0 Å². The van der Waals surface area contributed by atoms with Gasteiger partial charge in [-0.15, -0.1) is 0 Å². The van der Waals surface area contributed by atoms with Crippen LogP contribution in [-0.4, -0.2) is 21.5 Å². The predicted octanol–water partition coefficient (Wildman–Crippen LogP) is 3.62. The molecule has 0 saturated carbocycles. The number of halogens is 2. The Labute approximate surface area is 132 Å². The molecule has 108 valence electrons. The van der Waals surface area contributed by atoms with Crippen LogP contribution in [-0.2, 0) is 0 Å². The summed E-state index contributed by atoms with van der Waals surface area (Å²) in [5.74, 6) is 0.671. The summed E-state index contributed by atoms with van der Waals surface area (Å²) in [4.78, 5) is 12.2. The van der Waals surface area contributed by atoms with Crippen molar-refractivity contribution in [1.29, 1.82) is 5.26 Å². The second-order valence-electron chi connectivity index (χ2n) is 4.11. The van der Waals surface area contributed by atoms with Gasteiger partial charge in [0.15, 0.2) is 0 Å². The number of nitrogens with one attached hydrogen (secondary N) is 2. The van der Waals surface area contributed by atoms with Crippen LogP contribution in [0.25, 0.3) is 0 Å². The number of hydrogen-bond acceptors (Lipinski definition) is 6. The zero-order valence-corrected chi connectivity index (χ0v) is 12.7. The van der Waals surface area contributed by atoms with E-state index in [0.29, 0.717) is 22.2 Å². The first-order valence-corrected chi connectivity index (χ1v) is 7.00. The molecule has 0 unspecified atom stereocenters. The average molecular weight is 323 g/mol. The van der Waals surface area contributed by atoms with Crippen LogP contribution in [0.5, 0.6) is 0 Å². The predicted molar refractivity (Wildman–Crippen MR) is 83.1 cm³/mol. The number of anilines is 3. The largest absolute Gasteiger partial charge is 0.354 e. The number of aromatic nitrogens is 3. The summed E-state index contributed by atoms with van der Waals surface area (Å²) >= 11 is 12.0. The van der Waals surface area contributed by atoms with Gasteiger partial charge in [0.1, 0.15) is 0 Å². The summed E-state index contributed by atoms with van der Waals surface area (Å²) in [5, 5.41) is 15.3. The van der Waals surface area contributed by atoms with Crippen molar-refractivity contribution in [2.75, 3.05) is 17.2 Å². The summed E-state index contributed by atoms with van der Waals surface area (Å²) in [6.07, 6.45) is 0.938. The molecule has 1 heterocycles. The Bertz CT molecular complexity index is 683. The lowest BCUT2D eigenvalue weighted by molar-refractivity contribution is 0.940. The molecule has 1 aromatic carbocycles. The lowest BCUT2D eigenvalue weighted by Gasteiger charge is -2.09. The standard InChI is InChI=1S/C13H12Cl2N6/c1-2-5-17-12-19-11(15)20-13(21-12)18-10-4-3-8(7-16)6-9(10)14/h3-4,6H,2,5H2,1H3,(H2,17,18,19,20,21). The molecule has 1 aromatic heterocycles. The molecule has 0 aliphatic carbocycles. The van der Waals surface area contributed by atoms with Crippen LogP contribution in [0.2, 0.25) is 10.3 Å². The molecule has 2 rings (SSSR count). The van der Waals surface area contributed by atoms with Crippen molar-refractivity contribution in [3.8, 4) is 6.07 Å². The van der Waals surface area contributed by atoms with Gasteiger partial charge in [0.05, 0.1) is 22.3 Å². The van der Waals surface area contributed by atoms with Crippen LogP contribution in [0.3, 0.4) is 0 Å². The van der Waals surface area contributed by atoms with Gasteiger partial charge in [-0.2, -0.15) is 20.2 Å².